The van der Waals surface area contributed by atoms with Crippen molar-refractivity contribution in [2.45, 2.75) is 0 Å². The minimum Gasteiger partial charge on any atom is -0.483 e. The second-order valence-corrected chi connectivity index (χ2v) is 3.45. The summed E-state index contributed by atoms with van der Waals surface area (Å²) in [4.78, 5) is 33.1. The van der Waals surface area contributed by atoms with Crippen LogP contribution in [0.15, 0.2) is 18.2 Å². The summed E-state index contributed by atoms with van der Waals surface area (Å²) in [5.41, 5.74) is 10.7. The average molecular weight is 267 g/mol. The third-order valence-electron chi connectivity index (χ3n) is 2.03. The highest BCUT2D eigenvalue weighted by molar-refractivity contribution is 5.95. The van der Waals surface area contributed by atoms with Crippen molar-refractivity contribution < 1.29 is 23.9 Å². The van der Waals surface area contributed by atoms with E-state index in [4.69, 9.17) is 16.2 Å². The molecule has 0 atom stereocenters. The predicted molar refractivity (Wildman–Crippen MR) is 65.4 cm³/mol. The molecule has 8 nitrogen and oxygen atoms in total. The van der Waals surface area contributed by atoms with Crippen molar-refractivity contribution in [1.82, 2.24) is 5.32 Å². The molecule has 0 saturated carbocycles. The number of methoxy groups -OCH3 is 1. The number of nitrogen functional groups attached to an aromatic ring is 1. The molecule has 0 heterocycles. The van der Waals surface area contributed by atoms with Gasteiger partial charge in [0, 0.05) is 5.69 Å². The van der Waals surface area contributed by atoms with Gasteiger partial charge in [0.25, 0.3) is 5.91 Å². The molecule has 0 aromatic heterocycles. The number of urea groups is 1. The van der Waals surface area contributed by atoms with Crippen LogP contribution in [0, 0.1) is 0 Å². The Morgan fingerprint density at radius 3 is 2.58 bits per heavy atom. The van der Waals surface area contributed by atoms with E-state index >= 15 is 0 Å². The third-order valence-corrected chi connectivity index (χ3v) is 2.03. The summed E-state index contributed by atoms with van der Waals surface area (Å²) in [5, 5.41) is 1.82. The van der Waals surface area contributed by atoms with E-state index < -0.39 is 24.5 Å². The highest BCUT2D eigenvalue weighted by Crippen LogP contribution is 2.22. The molecule has 0 aliphatic carbocycles. The summed E-state index contributed by atoms with van der Waals surface area (Å²) in [5.74, 6) is -1.28. The van der Waals surface area contributed by atoms with Crippen molar-refractivity contribution >= 4 is 23.6 Å². The number of imide groups is 1. The van der Waals surface area contributed by atoms with Crippen molar-refractivity contribution in [2.24, 2.45) is 5.73 Å². The number of hydrogen-bond acceptors (Lipinski definition) is 6. The lowest BCUT2D eigenvalue weighted by molar-refractivity contribution is -0.121. The number of ether oxygens (including phenoxy) is 2. The molecule has 8 heteroatoms. The number of hydrogen-bond donors (Lipinski definition) is 3. The molecule has 3 amide bonds. The number of benzene rings is 1. The molecule has 0 spiro atoms. The first-order valence-corrected chi connectivity index (χ1v) is 5.14. The second-order valence-electron chi connectivity index (χ2n) is 3.45. The van der Waals surface area contributed by atoms with Crippen molar-refractivity contribution in [3.63, 3.8) is 0 Å². The quantitative estimate of drug-likeness (QED) is 0.503. The Bertz CT molecular complexity index is 515. The topological polar surface area (TPSA) is 134 Å². The molecule has 1 aromatic carbocycles. The maximum atomic E-state index is 11.5. The van der Waals surface area contributed by atoms with E-state index in [1.54, 1.807) is 0 Å². The second kappa shape index (κ2) is 6.24. The first kappa shape index (κ1) is 14.3. The number of primary amides is 1. The van der Waals surface area contributed by atoms with Crippen LogP contribution in [0.1, 0.15) is 10.4 Å². The lowest BCUT2D eigenvalue weighted by Gasteiger charge is -2.10. The van der Waals surface area contributed by atoms with Gasteiger partial charge in [-0.2, -0.15) is 0 Å². The largest absolute Gasteiger partial charge is 0.483 e. The monoisotopic (exact) mass is 267 g/mol. The van der Waals surface area contributed by atoms with Crippen LogP contribution in [-0.4, -0.2) is 31.6 Å². The zero-order chi connectivity index (χ0) is 14.4. The van der Waals surface area contributed by atoms with Crippen LogP contribution < -0.4 is 21.5 Å². The number of rotatable bonds is 4. The summed E-state index contributed by atoms with van der Waals surface area (Å²) >= 11 is 0. The zero-order valence-electron chi connectivity index (χ0n) is 10.1. The predicted octanol–water partition coefficient (Wildman–Crippen LogP) is -0.371. The summed E-state index contributed by atoms with van der Waals surface area (Å²) in [6, 6.07) is 3.28. The van der Waals surface area contributed by atoms with Crippen molar-refractivity contribution in [1.29, 1.82) is 0 Å². The number of nitrogens with one attached hydrogen (secondary N) is 1. The van der Waals surface area contributed by atoms with Crippen LogP contribution in [-0.2, 0) is 9.53 Å². The molecule has 0 unspecified atom stereocenters. The molecule has 5 N–H and O–H groups in total. The molecule has 1 rings (SSSR count). The summed E-state index contributed by atoms with van der Waals surface area (Å²) in [6.07, 6.45) is 0. The number of carbonyl (C=O) groups is 3. The SMILES string of the molecule is COC(=O)c1cc(N)ccc1OCC(=O)NC(N)=O. The minimum atomic E-state index is -0.987. The standard InChI is InChI=1S/C11H13N3O5/c1-18-10(16)7-4-6(12)2-3-8(7)19-5-9(15)14-11(13)17/h2-4H,5,12H2,1H3,(H3,13,14,15,17). The van der Waals surface area contributed by atoms with Crippen molar-refractivity contribution in [2.75, 3.05) is 19.5 Å². The van der Waals surface area contributed by atoms with Gasteiger partial charge in [-0.15, -0.1) is 0 Å². The smallest absolute Gasteiger partial charge is 0.341 e. The zero-order valence-corrected chi connectivity index (χ0v) is 10.1. The normalized spacial score (nSPS) is 9.53. The van der Waals surface area contributed by atoms with Gasteiger partial charge in [0.2, 0.25) is 0 Å². The van der Waals surface area contributed by atoms with E-state index in [0.717, 1.165) is 0 Å². The molecule has 0 fully saturated rings. The Hall–Kier alpha value is -2.77. The van der Waals surface area contributed by atoms with E-state index in [9.17, 15) is 14.4 Å². The molecule has 0 aliphatic heterocycles. The minimum absolute atomic E-state index is 0.0781. The van der Waals surface area contributed by atoms with E-state index in [2.05, 4.69) is 4.74 Å². The number of nitrogens with two attached hydrogens (primary N) is 2. The number of esters is 1. The maximum absolute atomic E-state index is 11.5. The molecule has 102 valence electrons. The summed E-state index contributed by atoms with van der Waals surface area (Å²) < 4.78 is 9.66. The highest BCUT2D eigenvalue weighted by Gasteiger charge is 2.15. The van der Waals surface area contributed by atoms with Crippen molar-refractivity contribution in [3.8, 4) is 5.75 Å². The van der Waals surface area contributed by atoms with Crippen LogP contribution in [0.25, 0.3) is 0 Å². The van der Waals surface area contributed by atoms with Gasteiger partial charge in [0.05, 0.1) is 7.11 Å². The first-order chi connectivity index (χ1) is 8.93. The van der Waals surface area contributed by atoms with Gasteiger partial charge in [-0.05, 0) is 18.2 Å². The third kappa shape index (κ3) is 4.19. The lowest BCUT2D eigenvalue weighted by Crippen LogP contribution is -2.38. The van der Waals surface area contributed by atoms with Gasteiger partial charge >= 0.3 is 12.0 Å². The van der Waals surface area contributed by atoms with Gasteiger partial charge in [-0.25, -0.2) is 9.59 Å². The average Bonchev–Trinajstić information content (AvgIpc) is 2.35. The van der Waals surface area contributed by atoms with Gasteiger partial charge in [0.15, 0.2) is 6.61 Å². The van der Waals surface area contributed by atoms with E-state index in [1.165, 1.54) is 25.3 Å². The fourth-order valence-corrected chi connectivity index (χ4v) is 1.26. The molecular weight excluding hydrogens is 254 g/mol. The Morgan fingerprint density at radius 2 is 2.00 bits per heavy atom. The Labute approximate surface area is 108 Å². The molecule has 0 radical (unpaired) electrons. The van der Waals surface area contributed by atoms with E-state index in [-0.39, 0.29) is 11.3 Å². The maximum Gasteiger partial charge on any atom is 0.341 e. The fourth-order valence-electron chi connectivity index (χ4n) is 1.26. The molecule has 19 heavy (non-hydrogen) atoms. The van der Waals surface area contributed by atoms with Gasteiger partial charge < -0.3 is 20.9 Å². The first-order valence-electron chi connectivity index (χ1n) is 5.14. The molecular formula is C11H13N3O5. The molecule has 0 bridgehead atoms. The Morgan fingerprint density at radius 1 is 1.32 bits per heavy atom. The number of amides is 3. The Balaban J connectivity index is 2.80. The Kier molecular flexibility index (Phi) is 4.69. The fraction of sp³-hybridized carbons (Fsp3) is 0.182. The van der Waals surface area contributed by atoms with Gasteiger partial charge in [-0.1, -0.05) is 0 Å². The van der Waals surface area contributed by atoms with Gasteiger partial charge in [-0.3, -0.25) is 10.1 Å². The van der Waals surface area contributed by atoms with Crippen LogP contribution >= 0.6 is 0 Å². The number of anilines is 1. The van der Waals surface area contributed by atoms with E-state index in [1.807, 2.05) is 5.32 Å². The number of carbonyl (C=O) groups excluding carboxylic acids is 3. The van der Waals surface area contributed by atoms with Gasteiger partial charge in [0.1, 0.15) is 11.3 Å². The van der Waals surface area contributed by atoms with E-state index in [0.29, 0.717) is 5.69 Å². The molecule has 1 aromatic rings. The summed E-state index contributed by atoms with van der Waals surface area (Å²) in [6.45, 7) is -0.475. The lowest BCUT2D eigenvalue weighted by atomic mass is 10.2. The van der Waals surface area contributed by atoms with Crippen LogP contribution in [0.2, 0.25) is 0 Å². The highest BCUT2D eigenvalue weighted by atomic mass is 16.5. The summed E-state index contributed by atoms with van der Waals surface area (Å²) in [7, 11) is 1.20. The van der Waals surface area contributed by atoms with Crippen LogP contribution in [0.5, 0.6) is 5.75 Å². The molecule has 0 saturated heterocycles. The van der Waals surface area contributed by atoms with Crippen LogP contribution in [0.4, 0.5) is 10.5 Å². The molecule has 0 aliphatic rings. The van der Waals surface area contributed by atoms with Crippen LogP contribution in [0.3, 0.4) is 0 Å². The van der Waals surface area contributed by atoms with Crippen molar-refractivity contribution in [3.05, 3.63) is 23.8 Å².